The minimum atomic E-state index is -0.454. The van der Waals surface area contributed by atoms with Crippen molar-refractivity contribution in [2.75, 3.05) is 0 Å². The number of nitro benzene ring substituents is 1. The van der Waals surface area contributed by atoms with E-state index in [1.807, 2.05) is 6.07 Å². The molecule has 0 saturated carbocycles. The molecule has 0 aliphatic carbocycles. The number of aromatic nitrogens is 1. The first-order valence-electron chi connectivity index (χ1n) is 5.40. The van der Waals surface area contributed by atoms with Crippen LogP contribution in [0, 0.1) is 28.4 Å². The molecule has 0 atom stereocenters. The number of nitriles is 1. The van der Waals surface area contributed by atoms with Crippen molar-refractivity contribution in [3.05, 3.63) is 57.9 Å². The number of aryl methyl sites for hydroxylation is 1. The second-order valence-electron chi connectivity index (χ2n) is 3.77. The van der Waals surface area contributed by atoms with Crippen LogP contribution in [0.4, 0.5) is 5.69 Å². The van der Waals surface area contributed by atoms with Crippen molar-refractivity contribution < 1.29 is 9.66 Å². The van der Waals surface area contributed by atoms with Crippen molar-refractivity contribution in [3.8, 4) is 17.6 Å². The lowest BCUT2D eigenvalue weighted by Crippen LogP contribution is -1.94. The lowest BCUT2D eigenvalue weighted by molar-refractivity contribution is -0.385. The summed E-state index contributed by atoms with van der Waals surface area (Å²) >= 11 is 0. The van der Waals surface area contributed by atoms with Gasteiger partial charge in [0, 0.05) is 17.8 Å². The number of hydrogen-bond acceptors (Lipinski definition) is 5. The van der Waals surface area contributed by atoms with E-state index < -0.39 is 4.92 Å². The maximum atomic E-state index is 10.7. The van der Waals surface area contributed by atoms with Gasteiger partial charge in [-0.25, -0.2) is 4.98 Å². The molecule has 2 rings (SSSR count). The second-order valence-corrected chi connectivity index (χ2v) is 3.77. The fraction of sp³-hybridized carbons (Fsp3) is 0.0769. The van der Waals surface area contributed by atoms with E-state index in [4.69, 9.17) is 10.00 Å². The fourth-order valence-electron chi connectivity index (χ4n) is 1.58. The Kier molecular flexibility index (Phi) is 3.39. The number of ether oxygens (including phenoxy) is 1. The standard InChI is InChI=1S/C13H9N3O3/c1-9-7-10(4-5-12(9)16(17)18)19-13-3-2-6-15-11(13)8-14/h2-7H,1H3. The van der Waals surface area contributed by atoms with Crippen molar-refractivity contribution in [2.45, 2.75) is 6.92 Å². The lowest BCUT2D eigenvalue weighted by atomic mass is 10.2. The first-order valence-corrected chi connectivity index (χ1v) is 5.40. The summed E-state index contributed by atoms with van der Waals surface area (Å²) in [5.74, 6) is 0.742. The highest BCUT2D eigenvalue weighted by Crippen LogP contribution is 2.28. The molecule has 1 aromatic carbocycles. The van der Waals surface area contributed by atoms with Gasteiger partial charge >= 0.3 is 0 Å². The number of nitrogens with zero attached hydrogens (tertiary/aromatic N) is 3. The molecule has 6 heteroatoms. The summed E-state index contributed by atoms with van der Waals surface area (Å²) in [5, 5.41) is 19.6. The molecule has 0 bridgehead atoms. The van der Waals surface area contributed by atoms with Gasteiger partial charge in [0.25, 0.3) is 5.69 Å². The summed E-state index contributed by atoms with van der Waals surface area (Å²) in [6.07, 6.45) is 1.49. The first kappa shape index (κ1) is 12.5. The largest absolute Gasteiger partial charge is 0.454 e. The van der Waals surface area contributed by atoms with Gasteiger partial charge in [-0.15, -0.1) is 0 Å². The highest BCUT2D eigenvalue weighted by Gasteiger charge is 2.12. The Hall–Kier alpha value is -2.94. The summed E-state index contributed by atoms with van der Waals surface area (Å²) < 4.78 is 5.51. The zero-order valence-corrected chi connectivity index (χ0v) is 10.0. The Labute approximate surface area is 109 Å². The van der Waals surface area contributed by atoms with Crippen molar-refractivity contribution in [2.24, 2.45) is 0 Å². The predicted molar refractivity (Wildman–Crippen MR) is 66.9 cm³/mol. The third-order valence-corrected chi connectivity index (χ3v) is 2.47. The summed E-state index contributed by atoms with van der Waals surface area (Å²) in [5.41, 5.74) is 0.683. The average Bonchev–Trinajstić information content (AvgIpc) is 2.39. The zero-order chi connectivity index (χ0) is 13.8. The Balaban J connectivity index is 2.32. The maximum absolute atomic E-state index is 10.7. The Morgan fingerprint density at radius 2 is 2.21 bits per heavy atom. The number of benzene rings is 1. The lowest BCUT2D eigenvalue weighted by Gasteiger charge is -2.07. The smallest absolute Gasteiger partial charge is 0.272 e. The number of pyridine rings is 1. The molecule has 94 valence electrons. The number of rotatable bonds is 3. The van der Waals surface area contributed by atoms with Crippen LogP contribution in [-0.2, 0) is 0 Å². The molecule has 0 fully saturated rings. The van der Waals surface area contributed by atoms with E-state index in [0.717, 1.165) is 0 Å². The Morgan fingerprint density at radius 1 is 1.42 bits per heavy atom. The van der Waals surface area contributed by atoms with Gasteiger partial charge in [-0.1, -0.05) is 0 Å². The van der Waals surface area contributed by atoms with Gasteiger partial charge in [-0.05, 0) is 31.2 Å². The van der Waals surface area contributed by atoms with Crippen LogP contribution in [0.1, 0.15) is 11.3 Å². The molecule has 6 nitrogen and oxygen atoms in total. The molecule has 2 aromatic rings. The van der Waals surface area contributed by atoms with Crippen LogP contribution in [-0.4, -0.2) is 9.91 Å². The van der Waals surface area contributed by atoms with E-state index in [-0.39, 0.29) is 11.4 Å². The second kappa shape index (κ2) is 5.14. The predicted octanol–water partition coefficient (Wildman–Crippen LogP) is 2.96. The topological polar surface area (TPSA) is 89.0 Å². The van der Waals surface area contributed by atoms with Gasteiger partial charge in [0.2, 0.25) is 0 Å². The summed E-state index contributed by atoms with van der Waals surface area (Å²) in [6.45, 7) is 1.62. The fourth-order valence-corrected chi connectivity index (χ4v) is 1.58. The Morgan fingerprint density at radius 3 is 2.84 bits per heavy atom. The van der Waals surface area contributed by atoms with Gasteiger partial charge in [-0.2, -0.15) is 5.26 Å². The first-order chi connectivity index (χ1) is 9.11. The molecule has 0 radical (unpaired) electrons. The molecular formula is C13H9N3O3. The van der Waals surface area contributed by atoms with Crippen LogP contribution in [0.2, 0.25) is 0 Å². The molecule has 0 amide bonds. The SMILES string of the molecule is Cc1cc(Oc2cccnc2C#N)ccc1[N+](=O)[O-]. The monoisotopic (exact) mass is 255 g/mol. The van der Waals surface area contributed by atoms with Crippen molar-refractivity contribution in [1.82, 2.24) is 4.98 Å². The summed E-state index contributed by atoms with van der Waals surface area (Å²) in [4.78, 5) is 14.1. The summed E-state index contributed by atoms with van der Waals surface area (Å²) in [6, 6.07) is 9.58. The molecule has 1 aromatic heterocycles. The minimum Gasteiger partial charge on any atom is -0.454 e. The molecule has 19 heavy (non-hydrogen) atoms. The van der Waals surface area contributed by atoms with Gasteiger partial charge in [0.1, 0.15) is 11.8 Å². The number of hydrogen-bond donors (Lipinski definition) is 0. The Bertz CT molecular complexity index is 677. The number of nitro groups is 1. The van der Waals surface area contributed by atoms with Crippen LogP contribution in [0.15, 0.2) is 36.5 Å². The average molecular weight is 255 g/mol. The molecule has 0 aliphatic heterocycles. The molecular weight excluding hydrogens is 246 g/mol. The van der Waals surface area contributed by atoms with E-state index in [2.05, 4.69) is 4.98 Å². The quantitative estimate of drug-likeness (QED) is 0.621. The van der Waals surface area contributed by atoms with E-state index in [0.29, 0.717) is 17.1 Å². The van der Waals surface area contributed by atoms with Gasteiger partial charge in [0.05, 0.1) is 4.92 Å². The van der Waals surface area contributed by atoms with E-state index >= 15 is 0 Å². The minimum absolute atomic E-state index is 0.0269. The van der Waals surface area contributed by atoms with Crippen molar-refractivity contribution in [3.63, 3.8) is 0 Å². The normalized spacial score (nSPS) is 9.68. The van der Waals surface area contributed by atoms with Crippen molar-refractivity contribution in [1.29, 1.82) is 5.26 Å². The van der Waals surface area contributed by atoms with Gasteiger partial charge < -0.3 is 4.74 Å². The molecule has 0 aliphatic rings. The third-order valence-electron chi connectivity index (χ3n) is 2.47. The van der Waals surface area contributed by atoms with Crippen LogP contribution < -0.4 is 4.74 Å². The zero-order valence-electron chi connectivity index (χ0n) is 10.0. The highest BCUT2D eigenvalue weighted by atomic mass is 16.6. The molecule has 0 N–H and O–H groups in total. The van der Waals surface area contributed by atoms with Crippen LogP contribution in [0.3, 0.4) is 0 Å². The highest BCUT2D eigenvalue weighted by molar-refractivity contribution is 5.47. The third kappa shape index (κ3) is 2.66. The van der Waals surface area contributed by atoms with E-state index in [1.54, 1.807) is 25.1 Å². The van der Waals surface area contributed by atoms with E-state index in [9.17, 15) is 10.1 Å². The van der Waals surface area contributed by atoms with Crippen LogP contribution in [0.25, 0.3) is 0 Å². The molecule has 0 unspecified atom stereocenters. The maximum Gasteiger partial charge on any atom is 0.272 e. The van der Waals surface area contributed by atoms with Crippen LogP contribution in [0.5, 0.6) is 11.5 Å². The molecule has 1 heterocycles. The van der Waals surface area contributed by atoms with Crippen molar-refractivity contribution >= 4 is 5.69 Å². The van der Waals surface area contributed by atoms with Crippen LogP contribution >= 0.6 is 0 Å². The van der Waals surface area contributed by atoms with Gasteiger partial charge in [-0.3, -0.25) is 10.1 Å². The van der Waals surface area contributed by atoms with Gasteiger partial charge in [0.15, 0.2) is 11.4 Å². The van der Waals surface area contributed by atoms with E-state index in [1.165, 1.54) is 18.3 Å². The molecule has 0 saturated heterocycles. The summed E-state index contributed by atoms with van der Waals surface area (Å²) in [7, 11) is 0. The molecule has 0 spiro atoms.